The topological polar surface area (TPSA) is 49.9 Å². The number of benzene rings is 1. The van der Waals surface area contributed by atoms with E-state index in [1.54, 1.807) is 0 Å². The van der Waals surface area contributed by atoms with Crippen LogP contribution in [0.1, 0.15) is 64.1 Å². The molecule has 1 atom stereocenters. The summed E-state index contributed by atoms with van der Waals surface area (Å²) in [7, 11) is 0. The molecule has 3 nitrogen and oxygen atoms in total. The van der Waals surface area contributed by atoms with Crippen LogP contribution in [0.4, 0.5) is 0 Å². The van der Waals surface area contributed by atoms with Crippen LogP contribution in [0.2, 0.25) is 0 Å². The quantitative estimate of drug-likeness (QED) is 0.782. The number of Topliss-reactive ketones (excluding diaryl/α,β-unsaturated/α-hetero) is 2. The second-order valence-electron chi connectivity index (χ2n) is 5.73. The lowest BCUT2D eigenvalue weighted by Gasteiger charge is -2.12. The molecular formula is C16H15NO2. The second kappa shape index (κ2) is 3.56. The first-order valence-corrected chi connectivity index (χ1v) is 6.90. The molecule has 0 fully saturated rings. The summed E-state index contributed by atoms with van der Waals surface area (Å²) in [6.45, 7) is 2.10. The van der Waals surface area contributed by atoms with Crippen molar-refractivity contribution in [3.05, 3.63) is 34.5 Å². The highest BCUT2D eigenvalue weighted by atomic mass is 16.1. The molecule has 0 amide bonds. The number of nitrogens with one attached hydrogen (secondary N) is 1. The number of ketones is 2. The normalized spacial score (nSPS) is 21.8. The van der Waals surface area contributed by atoms with Crippen LogP contribution >= 0.6 is 0 Å². The summed E-state index contributed by atoms with van der Waals surface area (Å²) in [5, 5.41) is 1.15. The van der Waals surface area contributed by atoms with Gasteiger partial charge in [-0.2, -0.15) is 0 Å². The number of aromatic nitrogens is 1. The van der Waals surface area contributed by atoms with Gasteiger partial charge in [0.2, 0.25) is 0 Å². The number of carbonyl (C=O) groups is 2. The minimum atomic E-state index is 0.211. The molecule has 1 heterocycles. The minimum absolute atomic E-state index is 0.211. The number of hydrogen-bond donors (Lipinski definition) is 1. The first-order valence-electron chi connectivity index (χ1n) is 6.90. The molecule has 96 valence electrons. The van der Waals surface area contributed by atoms with Gasteiger partial charge in [0.25, 0.3) is 0 Å². The average molecular weight is 253 g/mol. The highest BCUT2D eigenvalue weighted by Crippen LogP contribution is 2.41. The Balaban J connectivity index is 2.12. The summed E-state index contributed by atoms with van der Waals surface area (Å²) in [6, 6.07) is 3.87. The Morgan fingerprint density at radius 1 is 1.16 bits per heavy atom. The first-order chi connectivity index (χ1) is 9.16. The van der Waals surface area contributed by atoms with Crippen molar-refractivity contribution in [3.63, 3.8) is 0 Å². The van der Waals surface area contributed by atoms with E-state index in [9.17, 15) is 9.59 Å². The maximum Gasteiger partial charge on any atom is 0.179 e. The van der Waals surface area contributed by atoms with Gasteiger partial charge in [-0.1, -0.05) is 6.92 Å². The number of fused-ring (bicyclic) bond motifs is 5. The molecule has 2 aliphatic carbocycles. The second-order valence-corrected chi connectivity index (χ2v) is 5.73. The zero-order valence-electron chi connectivity index (χ0n) is 10.9. The number of H-pyrrole nitrogens is 1. The van der Waals surface area contributed by atoms with Gasteiger partial charge in [0.15, 0.2) is 11.6 Å². The highest BCUT2D eigenvalue weighted by Gasteiger charge is 2.31. The summed E-state index contributed by atoms with van der Waals surface area (Å²) >= 11 is 0. The van der Waals surface area contributed by atoms with Crippen molar-refractivity contribution < 1.29 is 9.59 Å². The van der Waals surface area contributed by atoms with Crippen LogP contribution in [-0.2, 0) is 6.42 Å². The molecule has 0 saturated heterocycles. The summed E-state index contributed by atoms with van der Waals surface area (Å²) in [5.41, 5.74) is 4.96. The predicted molar refractivity (Wildman–Crippen MR) is 72.9 cm³/mol. The summed E-state index contributed by atoms with van der Waals surface area (Å²) in [5.74, 6) is 0.716. The molecule has 0 saturated carbocycles. The molecule has 0 bridgehead atoms. The molecule has 2 aliphatic rings. The van der Waals surface area contributed by atoms with Crippen molar-refractivity contribution in [2.75, 3.05) is 0 Å². The Morgan fingerprint density at radius 3 is 2.84 bits per heavy atom. The van der Waals surface area contributed by atoms with Crippen LogP contribution in [0.25, 0.3) is 10.9 Å². The SMILES string of the molecule is CC1CC(=O)c2ccc3[nH]c4c(c3c21)CCCC4=O. The molecule has 1 aromatic carbocycles. The maximum atomic E-state index is 12.0. The van der Waals surface area contributed by atoms with Gasteiger partial charge in [0.1, 0.15) is 0 Å². The fourth-order valence-corrected chi connectivity index (χ4v) is 3.67. The third-order valence-electron chi connectivity index (χ3n) is 4.50. The Morgan fingerprint density at radius 2 is 2.00 bits per heavy atom. The fraction of sp³-hybridized carbons (Fsp3) is 0.375. The van der Waals surface area contributed by atoms with Gasteiger partial charge in [-0.3, -0.25) is 9.59 Å². The Bertz CT molecular complexity index is 739. The number of carbonyl (C=O) groups excluding carboxylic acids is 2. The molecule has 0 aliphatic heterocycles. The monoisotopic (exact) mass is 253 g/mol. The molecule has 0 radical (unpaired) electrons. The van der Waals surface area contributed by atoms with Gasteiger partial charge in [-0.15, -0.1) is 0 Å². The molecule has 4 rings (SSSR count). The largest absolute Gasteiger partial charge is 0.352 e. The van der Waals surface area contributed by atoms with E-state index in [0.717, 1.165) is 46.1 Å². The number of aryl methyl sites for hydroxylation is 1. The zero-order valence-corrected chi connectivity index (χ0v) is 10.9. The minimum Gasteiger partial charge on any atom is -0.352 e. The molecule has 2 aromatic rings. The third kappa shape index (κ3) is 1.33. The molecule has 19 heavy (non-hydrogen) atoms. The van der Waals surface area contributed by atoms with Crippen LogP contribution in [0.15, 0.2) is 12.1 Å². The van der Waals surface area contributed by atoms with Crippen LogP contribution < -0.4 is 0 Å². The van der Waals surface area contributed by atoms with E-state index in [2.05, 4.69) is 11.9 Å². The van der Waals surface area contributed by atoms with E-state index < -0.39 is 0 Å². The van der Waals surface area contributed by atoms with Crippen molar-refractivity contribution in [1.82, 2.24) is 4.98 Å². The number of rotatable bonds is 0. The number of aromatic amines is 1. The van der Waals surface area contributed by atoms with E-state index in [-0.39, 0.29) is 17.5 Å². The van der Waals surface area contributed by atoms with Crippen molar-refractivity contribution in [3.8, 4) is 0 Å². The van der Waals surface area contributed by atoms with E-state index in [0.29, 0.717) is 12.8 Å². The Kier molecular flexibility index (Phi) is 2.06. The van der Waals surface area contributed by atoms with Gasteiger partial charge in [0.05, 0.1) is 5.69 Å². The van der Waals surface area contributed by atoms with Crippen LogP contribution in [0, 0.1) is 0 Å². The van der Waals surface area contributed by atoms with E-state index in [4.69, 9.17) is 0 Å². The molecule has 3 heteroatoms. The van der Waals surface area contributed by atoms with E-state index in [1.165, 1.54) is 0 Å². The van der Waals surface area contributed by atoms with Gasteiger partial charge in [-0.25, -0.2) is 0 Å². The lowest BCUT2D eigenvalue weighted by molar-refractivity contribution is 0.0965. The van der Waals surface area contributed by atoms with Gasteiger partial charge in [0, 0.05) is 29.3 Å². The van der Waals surface area contributed by atoms with Crippen LogP contribution in [0.3, 0.4) is 0 Å². The average Bonchev–Trinajstić information content (AvgIpc) is 2.89. The lowest BCUT2D eigenvalue weighted by atomic mass is 9.90. The third-order valence-corrected chi connectivity index (χ3v) is 4.50. The summed E-state index contributed by atoms with van der Waals surface area (Å²) < 4.78 is 0. The standard InChI is InChI=1S/C16H15NO2/c1-8-7-13(19)9-5-6-11-15(14(8)9)10-3-2-4-12(18)16(10)17-11/h5-6,8,17H,2-4,7H2,1H3. The molecular weight excluding hydrogens is 238 g/mol. The summed E-state index contributed by atoms with van der Waals surface area (Å²) in [6.07, 6.45) is 3.10. The molecule has 1 aromatic heterocycles. The fourth-order valence-electron chi connectivity index (χ4n) is 3.67. The molecule has 0 spiro atoms. The van der Waals surface area contributed by atoms with Crippen LogP contribution in [0.5, 0.6) is 0 Å². The van der Waals surface area contributed by atoms with Gasteiger partial charge < -0.3 is 4.98 Å². The number of hydrogen-bond acceptors (Lipinski definition) is 2. The van der Waals surface area contributed by atoms with E-state index in [1.807, 2.05) is 12.1 Å². The molecule has 1 N–H and O–H groups in total. The van der Waals surface area contributed by atoms with Crippen molar-refractivity contribution in [1.29, 1.82) is 0 Å². The van der Waals surface area contributed by atoms with Crippen molar-refractivity contribution in [2.45, 2.75) is 38.5 Å². The highest BCUT2D eigenvalue weighted by molar-refractivity contribution is 6.10. The van der Waals surface area contributed by atoms with Crippen LogP contribution in [-0.4, -0.2) is 16.6 Å². The summed E-state index contributed by atoms with van der Waals surface area (Å²) in [4.78, 5) is 27.3. The van der Waals surface area contributed by atoms with Gasteiger partial charge >= 0.3 is 0 Å². The Hall–Kier alpha value is -1.90. The predicted octanol–water partition coefficient (Wildman–Crippen LogP) is 3.38. The molecule has 1 unspecified atom stereocenters. The maximum absolute atomic E-state index is 12.0. The lowest BCUT2D eigenvalue weighted by Crippen LogP contribution is -2.09. The Labute approximate surface area is 111 Å². The van der Waals surface area contributed by atoms with Crippen molar-refractivity contribution in [2.24, 2.45) is 0 Å². The van der Waals surface area contributed by atoms with Crippen molar-refractivity contribution >= 4 is 22.5 Å². The smallest absolute Gasteiger partial charge is 0.179 e. The zero-order chi connectivity index (χ0) is 13.1. The van der Waals surface area contributed by atoms with Gasteiger partial charge in [-0.05, 0) is 42.0 Å². The first kappa shape index (κ1) is 11.0. The van der Waals surface area contributed by atoms with E-state index >= 15 is 0 Å².